The topological polar surface area (TPSA) is 57.3 Å². The predicted octanol–water partition coefficient (Wildman–Crippen LogP) is 6.70. The highest BCUT2D eigenvalue weighted by Gasteiger charge is 2.35. The number of rotatable bonds is 7. The van der Waals surface area contributed by atoms with E-state index in [1.54, 1.807) is 18.2 Å². The number of halogens is 3. The standard InChI is InChI=1S/C40H41F3N4O3/c1-49-38-20-26(6-8-32(38)41)31-24-50-37-5-3-2-4-29(37)39(31)27-7-9-35(33(42)18-27)46-12-10-25(11-13-46)23-45-14-16-47(17-15-45)36-19-28-22-44-40(48)30(28)21-34(36)43/h2-9,18-21,25,31,39H,10-17,22-24H2,1H3,(H,44,48). The summed E-state index contributed by atoms with van der Waals surface area (Å²) in [4.78, 5) is 18.6. The Kier molecular flexibility index (Phi) is 8.81. The molecule has 50 heavy (non-hydrogen) atoms. The van der Waals surface area contributed by atoms with Gasteiger partial charge in [-0.25, -0.2) is 13.2 Å². The van der Waals surface area contributed by atoms with E-state index in [0.29, 0.717) is 36.0 Å². The molecule has 1 N–H and O–H groups in total. The van der Waals surface area contributed by atoms with Crippen molar-refractivity contribution in [3.8, 4) is 11.5 Å². The second-order valence-corrected chi connectivity index (χ2v) is 13.9. The number of nitrogens with one attached hydrogen (secondary N) is 1. The summed E-state index contributed by atoms with van der Waals surface area (Å²) in [6.07, 6.45) is 1.95. The molecular weight excluding hydrogens is 641 g/mol. The average molecular weight is 683 g/mol. The molecule has 4 aliphatic rings. The van der Waals surface area contributed by atoms with Crippen LogP contribution in [0.2, 0.25) is 0 Å². The van der Waals surface area contributed by atoms with Gasteiger partial charge in [0.2, 0.25) is 0 Å². The number of piperazine rings is 1. The van der Waals surface area contributed by atoms with Gasteiger partial charge in [0, 0.05) is 75.3 Å². The first-order chi connectivity index (χ1) is 24.4. The third kappa shape index (κ3) is 6.14. The molecule has 0 bridgehead atoms. The lowest BCUT2D eigenvalue weighted by molar-refractivity contribution is 0.0965. The van der Waals surface area contributed by atoms with E-state index in [4.69, 9.17) is 9.47 Å². The largest absolute Gasteiger partial charge is 0.494 e. The molecule has 4 aliphatic heterocycles. The summed E-state index contributed by atoms with van der Waals surface area (Å²) in [5.74, 6) is -0.0724. The van der Waals surface area contributed by atoms with Gasteiger partial charge in [-0.05, 0) is 77.9 Å². The van der Waals surface area contributed by atoms with E-state index in [0.717, 1.165) is 86.7 Å². The molecule has 0 radical (unpaired) electrons. The molecule has 2 unspecified atom stereocenters. The summed E-state index contributed by atoms with van der Waals surface area (Å²) in [5, 5.41) is 2.77. The number of hydrogen-bond donors (Lipinski definition) is 1. The van der Waals surface area contributed by atoms with E-state index >= 15 is 4.39 Å². The molecular formula is C40H41F3N4O3. The van der Waals surface area contributed by atoms with Gasteiger partial charge in [0.25, 0.3) is 5.91 Å². The molecule has 7 nitrogen and oxygen atoms in total. The minimum Gasteiger partial charge on any atom is -0.494 e. The highest BCUT2D eigenvalue weighted by Crippen LogP contribution is 2.47. The molecule has 2 atom stereocenters. The zero-order valence-corrected chi connectivity index (χ0v) is 28.1. The Hall–Kier alpha value is -4.70. The zero-order chi connectivity index (χ0) is 34.4. The van der Waals surface area contributed by atoms with E-state index in [2.05, 4.69) is 20.0 Å². The van der Waals surface area contributed by atoms with Crippen LogP contribution in [0.15, 0.2) is 72.8 Å². The van der Waals surface area contributed by atoms with Gasteiger partial charge in [0.15, 0.2) is 11.6 Å². The van der Waals surface area contributed by atoms with Crippen LogP contribution in [0.4, 0.5) is 24.5 Å². The number of hydrogen-bond acceptors (Lipinski definition) is 6. The SMILES string of the molecule is COc1cc(C2COc3ccccc3C2c2ccc(N3CCC(CN4CCN(c5cc6c(cc5F)C(=O)NC6)CC4)CC3)c(F)c2)ccc1F. The van der Waals surface area contributed by atoms with Crippen LogP contribution in [0.5, 0.6) is 11.5 Å². The van der Waals surface area contributed by atoms with Crippen LogP contribution < -0.4 is 24.6 Å². The number of anilines is 2. The summed E-state index contributed by atoms with van der Waals surface area (Å²) in [6, 6.07) is 21.6. The maximum Gasteiger partial charge on any atom is 0.252 e. The van der Waals surface area contributed by atoms with Crippen LogP contribution in [-0.2, 0) is 6.54 Å². The minimum absolute atomic E-state index is 0.155. The predicted molar refractivity (Wildman–Crippen MR) is 187 cm³/mol. The Balaban J connectivity index is 0.909. The first-order valence-corrected chi connectivity index (χ1v) is 17.5. The number of para-hydroxylation sites is 1. The first-order valence-electron chi connectivity index (χ1n) is 17.5. The number of fused-ring (bicyclic) bond motifs is 2. The number of amides is 1. The van der Waals surface area contributed by atoms with E-state index < -0.39 is 5.82 Å². The molecule has 1 amide bonds. The van der Waals surface area contributed by atoms with Crippen molar-refractivity contribution in [1.29, 1.82) is 0 Å². The van der Waals surface area contributed by atoms with Crippen LogP contribution in [0, 0.1) is 23.4 Å². The third-order valence-electron chi connectivity index (χ3n) is 11.1. The van der Waals surface area contributed by atoms with Crippen molar-refractivity contribution in [3.05, 3.63) is 118 Å². The molecule has 10 heteroatoms. The highest BCUT2D eigenvalue weighted by molar-refractivity contribution is 5.98. The Bertz CT molecular complexity index is 1910. The quantitative estimate of drug-likeness (QED) is 0.234. The molecule has 0 spiro atoms. The summed E-state index contributed by atoms with van der Waals surface area (Å²) in [5.41, 5.74) is 5.20. The molecule has 2 saturated heterocycles. The Morgan fingerprint density at radius 2 is 1.54 bits per heavy atom. The number of benzene rings is 4. The van der Waals surface area contributed by atoms with Gasteiger partial charge < -0.3 is 24.6 Å². The van der Waals surface area contributed by atoms with Crippen molar-refractivity contribution in [3.63, 3.8) is 0 Å². The van der Waals surface area contributed by atoms with Gasteiger partial charge in [0.1, 0.15) is 17.4 Å². The lowest BCUT2D eigenvalue weighted by Gasteiger charge is -2.40. The lowest BCUT2D eigenvalue weighted by Crippen LogP contribution is -2.49. The number of methoxy groups -OCH3 is 1. The van der Waals surface area contributed by atoms with Crippen molar-refractivity contribution < 1.29 is 27.4 Å². The minimum atomic E-state index is -0.424. The van der Waals surface area contributed by atoms with Crippen LogP contribution in [0.3, 0.4) is 0 Å². The molecule has 0 aromatic heterocycles. The fourth-order valence-corrected chi connectivity index (χ4v) is 8.31. The van der Waals surface area contributed by atoms with Gasteiger partial charge in [-0.2, -0.15) is 0 Å². The summed E-state index contributed by atoms with van der Waals surface area (Å²) < 4.78 is 56.6. The van der Waals surface area contributed by atoms with E-state index in [-0.39, 0.29) is 35.1 Å². The third-order valence-corrected chi connectivity index (χ3v) is 11.1. The zero-order valence-electron chi connectivity index (χ0n) is 28.1. The number of carbonyl (C=O) groups is 1. The molecule has 260 valence electrons. The van der Waals surface area contributed by atoms with Crippen molar-refractivity contribution in [2.24, 2.45) is 5.92 Å². The molecule has 4 heterocycles. The number of nitrogens with zero attached hydrogens (tertiary/aromatic N) is 3. The molecule has 8 rings (SSSR count). The normalized spacial score (nSPS) is 21.0. The van der Waals surface area contributed by atoms with Gasteiger partial charge in [-0.1, -0.05) is 30.3 Å². The molecule has 0 saturated carbocycles. The fourth-order valence-electron chi connectivity index (χ4n) is 8.31. The van der Waals surface area contributed by atoms with Gasteiger partial charge in [-0.3, -0.25) is 9.69 Å². The summed E-state index contributed by atoms with van der Waals surface area (Å²) in [7, 11) is 1.45. The monoisotopic (exact) mass is 682 g/mol. The second-order valence-electron chi connectivity index (χ2n) is 13.9. The maximum absolute atomic E-state index is 16.0. The second kappa shape index (κ2) is 13.5. The van der Waals surface area contributed by atoms with Crippen LogP contribution in [0.25, 0.3) is 0 Å². The number of carbonyl (C=O) groups excluding carboxylic acids is 1. The number of piperidine rings is 1. The van der Waals surface area contributed by atoms with Gasteiger partial charge in [0.05, 0.1) is 25.1 Å². The molecule has 0 aliphatic carbocycles. The smallest absolute Gasteiger partial charge is 0.252 e. The average Bonchev–Trinajstić information content (AvgIpc) is 3.50. The Morgan fingerprint density at radius 3 is 2.32 bits per heavy atom. The van der Waals surface area contributed by atoms with Crippen LogP contribution in [0.1, 0.15) is 57.3 Å². The van der Waals surface area contributed by atoms with E-state index in [1.165, 1.54) is 19.2 Å². The lowest BCUT2D eigenvalue weighted by atomic mass is 9.75. The van der Waals surface area contributed by atoms with Gasteiger partial charge >= 0.3 is 0 Å². The van der Waals surface area contributed by atoms with Crippen LogP contribution >= 0.6 is 0 Å². The van der Waals surface area contributed by atoms with Crippen molar-refractivity contribution >= 4 is 17.3 Å². The van der Waals surface area contributed by atoms with E-state index in [1.807, 2.05) is 42.5 Å². The van der Waals surface area contributed by atoms with Crippen molar-refractivity contribution in [2.45, 2.75) is 31.2 Å². The molecule has 4 aromatic rings. The summed E-state index contributed by atoms with van der Waals surface area (Å²) >= 11 is 0. The Morgan fingerprint density at radius 1 is 0.800 bits per heavy atom. The molecule has 2 fully saturated rings. The van der Waals surface area contributed by atoms with Crippen molar-refractivity contribution in [2.75, 3.05) is 69.3 Å². The van der Waals surface area contributed by atoms with Gasteiger partial charge in [-0.15, -0.1) is 0 Å². The fraction of sp³-hybridized carbons (Fsp3) is 0.375. The van der Waals surface area contributed by atoms with Crippen LogP contribution in [-0.4, -0.2) is 70.3 Å². The molecule has 4 aromatic carbocycles. The summed E-state index contributed by atoms with van der Waals surface area (Å²) in [6.45, 7) is 6.56. The first kappa shape index (κ1) is 32.5. The van der Waals surface area contributed by atoms with Crippen molar-refractivity contribution in [1.82, 2.24) is 10.2 Å². The maximum atomic E-state index is 16.0. The van der Waals surface area contributed by atoms with E-state index in [9.17, 15) is 13.6 Å². The highest BCUT2D eigenvalue weighted by atomic mass is 19.1. The number of ether oxygens (including phenoxy) is 2. The Labute approximate surface area is 290 Å².